The minimum Gasteiger partial charge on any atom is -0.486 e. The Labute approximate surface area is 122 Å². The summed E-state index contributed by atoms with van der Waals surface area (Å²) < 4.78 is 46.7. The van der Waals surface area contributed by atoms with E-state index in [0.717, 1.165) is 0 Å². The average molecular weight is 355 g/mol. The van der Waals surface area contributed by atoms with Crippen LogP contribution in [0.25, 0.3) is 0 Å². The molecule has 1 aromatic rings. The molecule has 0 unspecified atom stereocenters. The molecule has 0 bridgehead atoms. The van der Waals surface area contributed by atoms with E-state index >= 15 is 0 Å². The number of aliphatic hydroxyl groups is 1. The SMILES string of the molecule is CC1(C)Oc2cc(OCC(F)(F)F)ccc2[C@H](O)[C@H]1Br. The Hall–Kier alpha value is -0.950. The maximum atomic E-state index is 12.1. The lowest BCUT2D eigenvalue weighted by atomic mass is 9.91. The molecule has 0 spiro atoms. The van der Waals surface area contributed by atoms with Gasteiger partial charge < -0.3 is 14.6 Å². The van der Waals surface area contributed by atoms with Gasteiger partial charge in [-0.2, -0.15) is 13.2 Å². The number of benzene rings is 1. The molecule has 0 fully saturated rings. The number of hydrogen-bond donors (Lipinski definition) is 1. The van der Waals surface area contributed by atoms with Gasteiger partial charge in [-0.05, 0) is 26.0 Å². The Balaban J connectivity index is 2.24. The molecule has 3 nitrogen and oxygen atoms in total. The Kier molecular flexibility index (Phi) is 3.94. The highest BCUT2D eigenvalue weighted by Crippen LogP contribution is 2.44. The first-order valence-electron chi connectivity index (χ1n) is 5.95. The van der Waals surface area contributed by atoms with Gasteiger partial charge in [0.05, 0.1) is 10.9 Å². The van der Waals surface area contributed by atoms with Gasteiger partial charge in [0.25, 0.3) is 0 Å². The topological polar surface area (TPSA) is 38.7 Å². The molecule has 7 heteroatoms. The summed E-state index contributed by atoms with van der Waals surface area (Å²) in [7, 11) is 0. The zero-order chi connectivity index (χ0) is 15.1. The number of halogens is 4. The molecule has 2 rings (SSSR count). The van der Waals surface area contributed by atoms with Crippen molar-refractivity contribution in [1.29, 1.82) is 0 Å². The number of fused-ring (bicyclic) bond motifs is 1. The van der Waals surface area contributed by atoms with Gasteiger partial charge in [-0.25, -0.2) is 0 Å². The van der Waals surface area contributed by atoms with Crippen LogP contribution >= 0.6 is 15.9 Å². The summed E-state index contributed by atoms with van der Waals surface area (Å²) in [6.07, 6.45) is -5.19. The third kappa shape index (κ3) is 3.20. The summed E-state index contributed by atoms with van der Waals surface area (Å²) in [5.74, 6) is 0.384. The van der Waals surface area contributed by atoms with Crippen molar-refractivity contribution >= 4 is 15.9 Å². The van der Waals surface area contributed by atoms with Crippen molar-refractivity contribution in [3.05, 3.63) is 23.8 Å². The van der Waals surface area contributed by atoms with Crippen molar-refractivity contribution in [3.8, 4) is 11.5 Å². The molecule has 20 heavy (non-hydrogen) atoms. The lowest BCUT2D eigenvalue weighted by molar-refractivity contribution is -0.153. The van der Waals surface area contributed by atoms with Crippen molar-refractivity contribution in [2.45, 2.75) is 36.6 Å². The molecule has 0 amide bonds. The minimum atomic E-state index is -4.39. The Bertz CT molecular complexity index is 502. The second-order valence-corrected chi connectivity index (χ2v) is 6.14. The molecular formula is C13H14BrF3O3. The van der Waals surface area contributed by atoms with Crippen LogP contribution in [0.3, 0.4) is 0 Å². The number of rotatable bonds is 2. The van der Waals surface area contributed by atoms with E-state index in [9.17, 15) is 18.3 Å². The summed E-state index contributed by atoms with van der Waals surface area (Å²) in [5, 5.41) is 10.2. The number of hydrogen-bond acceptors (Lipinski definition) is 3. The lowest BCUT2D eigenvalue weighted by Crippen LogP contribution is -2.45. The Morgan fingerprint density at radius 3 is 2.65 bits per heavy atom. The van der Waals surface area contributed by atoms with Crippen molar-refractivity contribution in [1.82, 2.24) is 0 Å². The first-order valence-corrected chi connectivity index (χ1v) is 6.86. The van der Waals surface area contributed by atoms with Crippen LogP contribution in [0.5, 0.6) is 11.5 Å². The molecule has 1 aromatic carbocycles. The fourth-order valence-electron chi connectivity index (χ4n) is 1.98. The highest BCUT2D eigenvalue weighted by atomic mass is 79.9. The zero-order valence-electron chi connectivity index (χ0n) is 10.9. The highest BCUT2D eigenvalue weighted by molar-refractivity contribution is 9.09. The van der Waals surface area contributed by atoms with Gasteiger partial charge in [0.1, 0.15) is 17.1 Å². The van der Waals surface area contributed by atoms with Crippen molar-refractivity contribution in [2.75, 3.05) is 6.61 Å². The highest BCUT2D eigenvalue weighted by Gasteiger charge is 2.41. The molecule has 0 saturated carbocycles. The Morgan fingerprint density at radius 1 is 1.40 bits per heavy atom. The molecule has 1 N–H and O–H groups in total. The normalized spacial score (nSPS) is 24.8. The molecule has 0 aromatic heterocycles. The number of ether oxygens (including phenoxy) is 2. The van der Waals surface area contributed by atoms with Gasteiger partial charge in [0.2, 0.25) is 0 Å². The van der Waals surface area contributed by atoms with Gasteiger partial charge in [0, 0.05) is 11.6 Å². The van der Waals surface area contributed by atoms with Crippen LogP contribution in [0.2, 0.25) is 0 Å². The van der Waals surface area contributed by atoms with E-state index in [0.29, 0.717) is 11.3 Å². The van der Waals surface area contributed by atoms with E-state index in [2.05, 4.69) is 20.7 Å². The van der Waals surface area contributed by atoms with Crippen molar-refractivity contribution in [3.63, 3.8) is 0 Å². The van der Waals surface area contributed by atoms with Gasteiger partial charge in [-0.15, -0.1) is 0 Å². The fourth-order valence-corrected chi connectivity index (χ4v) is 2.36. The van der Waals surface area contributed by atoms with Crippen LogP contribution in [-0.2, 0) is 0 Å². The van der Waals surface area contributed by atoms with E-state index < -0.39 is 24.5 Å². The van der Waals surface area contributed by atoms with E-state index in [4.69, 9.17) is 4.74 Å². The van der Waals surface area contributed by atoms with Gasteiger partial charge in [-0.1, -0.05) is 15.9 Å². The predicted molar refractivity (Wildman–Crippen MR) is 70.4 cm³/mol. The first kappa shape index (κ1) is 15.4. The molecular weight excluding hydrogens is 341 g/mol. The minimum absolute atomic E-state index is 0.0529. The maximum absolute atomic E-state index is 12.1. The summed E-state index contributed by atoms with van der Waals surface area (Å²) in [6.45, 7) is 2.20. The maximum Gasteiger partial charge on any atom is 0.422 e. The van der Waals surface area contributed by atoms with Crippen LogP contribution in [0.15, 0.2) is 18.2 Å². The van der Waals surface area contributed by atoms with Crippen LogP contribution in [0, 0.1) is 0 Å². The molecule has 0 aliphatic carbocycles. The summed E-state index contributed by atoms with van der Waals surface area (Å²) in [4.78, 5) is -0.315. The molecule has 0 saturated heterocycles. The number of alkyl halides is 4. The molecule has 2 atom stereocenters. The molecule has 1 aliphatic rings. The Morgan fingerprint density at radius 2 is 2.05 bits per heavy atom. The van der Waals surface area contributed by atoms with E-state index in [1.165, 1.54) is 18.2 Å². The summed E-state index contributed by atoms with van der Waals surface area (Å²) in [6, 6.07) is 4.26. The van der Waals surface area contributed by atoms with Gasteiger partial charge in [0.15, 0.2) is 6.61 Å². The molecule has 0 radical (unpaired) electrons. The second-order valence-electron chi connectivity index (χ2n) is 5.16. The molecule has 1 heterocycles. The van der Waals surface area contributed by atoms with Crippen LogP contribution in [0.4, 0.5) is 13.2 Å². The molecule has 112 valence electrons. The van der Waals surface area contributed by atoms with E-state index in [1.54, 1.807) is 13.8 Å². The predicted octanol–water partition coefficient (Wildman–Crippen LogP) is 3.60. The van der Waals surface area contributed by atoms with E-state index in [1.807, 2.05) is 0 Å². The average Bonchev–Trinajstić information content (AvgIpc) is 2.32. The van der Waals surface area contributed by atoms with Crippen LogP contribution < -0.4 is 9.47 Å². The lowest BCUT2D eigenvalue weighted by Gasteiger charge is -2.40. The van der Waals surface area contributed by atoms with Gasteiger partial charge >= 0.3 is 6.18 Å². The van der Waals surface area contributed by atoms with Crippen LogP contribution in [-0.4, -0.2) is 28.3 Å². The van der Waals surface area contributed by atoms with E-state index in [-0.39, 0.29) is 10.6 Å². The fraction of sp³-hybridized carbons (Fsp3) is 0.538. The number of aliphatic hydroxyl groups excluding tert-OH is 1. The quantitative estimate of drug-likeness (QED) is 0.824. The smallest absolute Gasteiger partial charge is 0.422 e. The summed E-state index contributed by atoms with van der Waals surface area (Å²) >= 11 is 3.37. The first-order chi connectivity index (χ1) is 9.10. The summed E-state index contributed by atoms with van der Waals surface area (Å²) in [5.41, 5.74) is -0.166. The third-order valence-electron chi connectivity index (χ3n) is 3.02. The zero-order valence-corrected chi connectivity index (χ0v) is 12.5. The van der Waals surface area contributed by atoms with Crippen molar-refractivity contribution < 1.29 is 27.8 Å². The third-order valence-corrected chi connectivity index (χ3v) is 4.62. The largest absolute Gasteiger partial charge is 0.486 e. The van der Waals surface area contributed by atoms with Crippen LogP contribution in [0.1, 0.15) is 25.5 Å². The molecule has 1 aliphatic heterocycles. The van der Waals surface area contributed by atoms with Crippen molar-refractivity contribution in [2.24, 2.45) is 0 Å². The second kappa shape index (κ2) is 5.11. The monoisotopic (exact) mass is 354 g/mol. The van der Waals surface area contributed by atoms with Gasteiger partial charge in [-0.3, -0.25) is 0 Å². The standard InChI is InChI=1S/C13H14BrF3O3/c1-12(2)11(14)10(18)8-4-3-7(5-9(8)20-12)19-6-13(15,16)17/h3-5,10-11,18H,6H2,1-2H3/t10-,11+/m0/s1.